The molecule has 0 aliphatic rings. The smallest absolute Gasteiger partial charge is 0.0273 e. The number of benzene rings is 9. The van der Waals surface area contributed by atoms with Crippen LogP contribution in [-0.2, 0) is 0 Å². The van der Waals surface area contributed by atoms with Gasteiger partial charge in [0.1, 0.15) is 0 Å². The van der Waals surface area contributed by atoms with Crippen molar-refractivity contribution in [2.45, 2.75) is 0 Å². The third-order valence-corrected chi connectivity index (χ3v) is 10.1. The van der Waals surface area contributed by atoms with E-state index in [1.165, 1.54) is 98.0 Å². The van der Waals surface area contributed by atoms with Crippen LogP contribution in [0.4, 0.5) is 0 Å². The fraction of sp³-hybridized carbons (Fsp3) is 0. The molecule has 48 heavy (non-hydrogen) atoms. The van der Waals surface area contributed by atoms with Gasteiger partial charge in [-0.1, -0.05) is 146 Å². The van der Waals surface area contributed by atoms with Crippen molar-refractivity contribution in [3.8, 4) is 33.4 Å². The van der Waals surface area contributed by atoms with Crippen molar-refractivity contribution in [1.29, 1.82) is 0 Å². The summed E-state index contributed by atoms with van der Waals surface area (Å²) in [6, 6.07) is 60.2. The molecule has 0 unspecified atom stereocenters. The van der Waals surface area contributed by atoms with Gasteiger partial charge in [0, 0.05) is 12.4 Å². The molecular formula is C47H29N. The van der Waals surface area contributed by atoms with Crippen molar-refractivity contribution in [2.24, 2.45) is 0 Å². The van der Waals surface area contributed by atoms with Crippen LogP contribution < -0.4 is 0 Å². The molecular weight excluding hydrogens is 579 g/mol. The monoisotopic (exact) mass is 607 g/mol. The van der Waals surface area contributed by atoms with Gasteiger partial charge in [-0.2, -0.15) is 0 Å². The van der Waals surface area contributed by atoms with E-state index in [2.05, 4.69) is 169 Å². The second-order valence-corrected chi connectivity index (χ2v) is 12.6. The summed E-state index contributed by atoms with van der Waals surface area (Å²) in [6.45, 7) is 0. The van der Waals surface area contributed by atoms with Crippen molar-refractivity contribution in [1.82, 2.24) is 4.98 Å². The lowest BCUT2D eigenvalue weighted by molar-refractivity contribution is 1.33. The van der Waals surface area contributed by atoms with Crippen molar-refractivity contribution in [3.05, 3.63) is 176 Å². The van der Waals surface area contributed by atoms with Crippen LogP contribution in [0.25, 0.3) is 98.0 Å². The molecule has 10 aromatic rings. The number of aromatic nitrogens is 1. The van der Waals surface area contributed by atoms with Gasteiger partial charge in [-0.25, -0.2) is 0 Å². The molecule has 0 bridgehead atoms. The number of hydrogen-bond donors (Lipinski definition) is 0. The van der Waals surface area contributed by atoms with E-state index < -0.39 is 0 Å². The average molecular weight is 608 g/mol. The van der Waals surface area contributed by atoms with Crippen LogP contribution in [0.15, 0.2) is 176 Å². The molecule has 0 atom stereocenters. The first-order valence-corrected chi connectivity index (χ1v) is 16.5. The lowest BCUT2D eigenvalue weighted by Gasteiger charge is -2.19. The van der Waals surface area contributed by atoms with Crippen molar-refractivity contribution in [2.75, 3.05) is 0 Å². The molecule has 0 saturated heterocycles. The maximum absolute atomic E-state index is 4.31. The Balaban J connectivity index is 1.31. The predicted octanol–water partition coefficient (Wildman–Crippen LogP) is 13.0. The molecule has 0 fully saturated rings. The van der Waals surface area contributed by atoms with E-state index in [1.807, 2.05) is 12.4 Å². The standard InChI is InChI=1S/C47H29N/c1-2-12-32-30(11-1)23-24-38-33-13-3-4-14-36(33)45(29-44(32)38)37-21-9-20-35-34(37)19-10-22-39(35)47-42-17-7-5-15-40(42)46(31-25-27-48-28-26-31)41-16-6-8-18-43(41)47/h1-29H. The molecule has 0 amide bonds. The zero-order valence-corrected chi connectivity index (χ0v) is 26.2. The first kappa shape index (κ1) is 26.9. The van der Waals surface area contributed by atoms with Gasteiger partial charge in [0.2, 0.25) is 0 Å². The fourth-order valence-electron chi connectivity index (χ4n) is 8.09. The third-order valence-electron chi connectivity index (χ3n) is 10.1. The van der Waals surface area contributed by atoms with Gasteiger partial charge in [0.05, 0.1) is 0 Å². The molecule has 1 heteroatoms. The SMILES string of the molecule is c1ccc2c(c1)ccc1c3ccccc3c(-c3cccc4c(-c5c6ccccc6c(-c6ccncc6)c6ccccc56)cccc34)cc21. The van der Waals surface area contributed by atoms with Crippen LogP contribution in [0.3, 0.4) is 0 Å². The van der Waals surface area contributed by atoms with E-state index in [1.54, 1.807) is 0 Å². The largest absolute Gasteiger partial charge is 0.265 e. The molecule has 0 saturated carbocycles. The van der Waals surface area contributed by atoms with Crippen LogP contribution in [-0.4, -0.2) is 4.98 Å². The Morgan fingerprint density at radius 1 is 0.271 bits per heavy atom. The van der Waals surface area contributed by atoms with E-state index in [9.17, 15) is 0 Å². The highest BCUT2D eigenvalue weighted by Crippen LogP contribution is 2.47. The minimum absolute atomic E-state index is 1.18. The molecule has 9 aromatic carbocycles. The van der Waals surface area contributed by atoms with E-state index in [0.29, 0.717) is 0 Å². The first-order chi connectivity index (χ1) is 23.8. The van der Waals surface area contributed by atoms with Crippen molar-refractivity contribution < 1.29 is 0 Å². The summed E-state index contributed by atoms with van der Waals surface area (Å²) in [4.78, 5) is 4.31. The Labute approximate surface area is 278 Å². The van der Waals surface area contributed by atoms with Crippen LogP contribution in [0.1, 0.15) is 0 Å². The first-order valence-electron chi connectivity index (χ1n) is 16.5. The van der Waals surface area contributed by atoms with Crippen molar-refractivity contribution >= 4 is 64.6 Å². The number of fused-ring (bicyclic) bond motifs is 8. The van der Waals surface area contributed by atoms with Crippen molar-refractivity contribution in [3.63, 3.8) is 0 Å². The molecule has 222 valence electrons. The van der Waals surface area contributed by atoms with E-state index in [4.69, 9.17) is 0 Å². The second kappa shape index (κ2) is 10.6. The van der Waals surface area contributed by atoms with Gasteiger partial charge in [0.15, 0.2) is 0 Å². The molecule has 1 heterocycles. The summed E-state index contributed by atoms with van der Waals surface area (Å²) in [7, 11) is 0. The minimum atomic E-state index is 1.18. The minimum Gasteiger partial charge on any atom is -0.265 e. The van der Waals surface area contributed by atoms with Gasteiger partial charge < -0.3 is 0 Å². The number of hydrogen-bond acceptors (Lipinski definition) is 1. The quantitative estimate of drug-likeness (QED) is 0.144. The summed E-state index contributed by atoms with van der Waals surface area (Å²) in [5.74, 6) is 0. The maximum Gasteiger partial charge on any atom is 0.0273 e. The van der Waals surface area contributed by atoms with Crippen LogP contribution >= 0.6 is 0 Å². The predicted molar refractivity (Wildman–Crippen MR) is 206 cm³/mol. The summed E-state index contributed by atoms with van der Waals surface area (Å²) in [6.07, 6.45) is 3.77. The molecule has 0 aliphatic carbocycles. The van der Waals surface area contributed by atoms with Gasteiger partial charge >= 0.3 is 0 Å². The van der Waals surface area contributed by atoms with Gasteiger partial charge in [-0.3, -0.25) is 4.98 Å². The molecule has 0 N–H and O–H groups in total. The summed E-state index contributed by atoms with van der Waals surface area (Å²) >= 11 is 0. The highest BCUT2D eigenvalue weighted by atomic mass is 14.6. The average Bonchev–Trinajstić information content (AvgIpc) is 3.16. The summed E-state index contributed by atoms with van der Waals surface area (Å²) < 4.78 is 0. The van der Waals surface area contributed by atoms with Crippen LogP contribution in [0.5, 0.6) is 0 Å². The molecule has 1 nitrogen and oxygen atoms in total. The zero-order valence-electron chi connectivity index (χ0n) is 26.2. The van der Waals surface area contributed by atoms with Gasteiger partial charge in [-0.15, -0.1) is 0 Å². The van der Waals surface area contributed by atoms with E-state index in [-0.39, 0.29) is 0 Å². The number of pyridine rings is 1. The summed E-state index contributed by atoms with van der Waals surface area (Å²) in [5.41, 5.74) is 7.47. The van der Waals surface area contributed by atoms with Gasteiger partial charge in [0.25, 0.3) is 0 Å². The van der Waals surface area contributed by atoms with E-state index >= 15 is 0 Å². The highest BCUT2D eigenvalue weighted by molar-refractivity contribution is 6.25. The molecule has 10 rings (SSSR count). The Hall–Kier alpha value is -6.31. The Morgan fingerprint density at radius 2 is 0.750 bits per heavy atom. The second-order valence-electron chi connectivity index (χ2n) is 12.6. The Kier molecular flexibility index (Phi) is 5.94. The molecule has 0 radical (unpaired) electrons. The normalized spacial score (nSPS) is 11.8. The fourth-order valence-corrected chi connectivity index (χ4v) is 8.09. The lowest BCUT2D eigenvalue weighted by Crippen LogP contribution is -1.92. The molecule has 1 aromatic heterocycles. The van der Waals surface area contributed by atoms with E-state index in [0.717, 1.165) is 0 Å². The topological polar surface area (TPSA) is 12.9 Å². The molecule has 0 aliphatic heterocycles. The number of rotatable bonds is 3. The Morgan fingerprint density at radius 3 is 1.44 bits per heavy atom. The van der Waals surface area contributed by atoms with Crippen LogP contribution in [0.2, 0.25) is 0 Å². The lowest BCUT2D eigenvalue weighted by atomic mass is 9.84. The maximum atomic E-state index is 4.31. The number of nitrogens with zero attached hydrogens (tertiary/aromatic N) is 1. The van der Waals surface area contributed by atoms with Crippen LogP contribution in [0, 0.1) is 0 Å². The highest BCUT2D eigenvalue weighted by Gasteiger charge is 2.19. The summed E-state index contributed by atoms with van der Waals surface area (Å²) in [5, 5.41) is 15.2. The van der Waals surface area contributed by atoms with Gasteiger partial charge in [-0.05, 0) is 116 Å². The third kappa shape index (κ3) is 3.95. The Bertz CT molecular complexity index is 2830. The molecule has 0 spiro atoms. The zero-order chi connectivity index (χ0) is 31.6.